The van der Waals surface area contributed by atoms with E-state index in [1.54, 1.807) is 41.3 Å². The first-order valence-corrected chi connectivity index (χ1v) is 11.5. The summed E-state index contributed by atoms with van der Waals surface area (Å²) in [4.78, 5) is 27.6. The lowest BCUT2D eigenvalue weighted by atomic mass is 9.95. The van der Waals surface area contributed by atoms with Crippen LogP contribution in [0, 0.1) is 5.92 Å². The highest BCUT2D eigenvalue weighted by molar-refractivity contribution is 5.96. The van der Waals surface area contributed by atoms with E-state index in [2.05, 4.69) is 5.32 Å². The SMILES string of the molecule is CCCOc1ccc(C(=O)N2CCC(C(=O)Nc3ccc4c(c3)OCO4)CC2)cc1OCC. The van der Waals surface area contributed by atoms with Gasteiger partial charge in [-0.25, -0.2) is 0 Å². The molecular formula is C25H30N2O6. The third kappa shape index (κ3) is 5.32. The van der Waals surface area contributed by atoms with E-state index in [9.17, 15) is 9.59 Å². The first-order valence-electron chi connectivity index (χ1n) is 11.5. The Bertz CT molecular complexity index is 1000. The highest BCUT2D eigenvalue weighted by Gasteiger charge is 2.28. The number of benzene rings is 2. The van der Waals surface area contributed by atoms with Gasteiger partial charge in [0.25, 0.3) is 5.91 Å². The number of nitrogens with one attached hydrogen (secondary N) is 1. The van der Waals surface area contributed by atoms with Gasteiger partial charge in [0.1, 0.15) is 0 Å². The molecule has 0 atom stereocenters. The minimum absolute atomic E-state index is 0.0444. The smallest absolute Gasteiger partial charge is 0.253 e. The number of carbonyl (C=O) groups is 2. The number of nitrogens with zero attached hydrogens (tertiary/aromatic N) is 1. The first kappa shape index (κ1) is 22.8. The van der Waals surface area contributed by atoms with Gasteiger partial charge in [-0.1, -0.05) is 6.92 Å². The maximum Gasteiger partial charge on any atom is 0.253 e. The lowest BCUT2D eigenvalue weighted by Crippen LogP contribution is -2.41. The van der Waals surface area contributed by atoms with Crippen molar-refractivity contribution < 1.29 is 28.5 Å². The fourth-order valence-corrected chi connectivity index (χ4v) is 3.99. The summed E-state index contributed by atoms with van der Waals surface area (Å²) in [6.45, 7) is 6.26. The maximum absolute atomic E-state index is 13.1. The van der Waals surface area contributed by atoms with E-state index < -0.39 is 0 Å². The molecule has 4 rings (SSSR count). The molecule has 2 aliphatic heterocycles. The quantitative estimate of drug-likeness (QED) is 0.647. The lowest BCUT2D eigenvalue weighted by molar-refractivity contribution is -0.121. The van der Waals surface area contributed by atoms with Gasteiger partial charge in [-0.2, -0.15) is 0 Å². The van der Waals surface area contributed by atoms with Crippen LogP contribution in [0.2, 0.25) is 0 Å². The molecule has 0 spiro atoms. The zero-order valence-corrected chi connectivity index (χ0v) is 19.1. The second-order valence-electron chi connectivity index (χ2n) is 8.07. The van der Waals surface area contributed by atoms with Crippen molar-refractivity contribution in [3.8, 4) is 23.0 Å². The molecule has 176 valence electrons. The summed E-state index contributed by atoms with van der Waals surface area (Å²) in [5.41, 5.74) is 1.24. The van der Waals surface area contributed by atoms with Gasteiger partial charge in [0.15, 0.2) is 23.0 Å². The molecule has 8 heteroatoms. The molecule has 0 unspecified atom stereocenters. The average molecular weight is 455 g/mol. The molecule has 1 N–H and O–H groups in total. The number of fused-ring (bicyclic) bond motifs is 1. The van der Waals surface area contributed by atoms with Crippen LogP contribution in [-0.2, 0) is 4.79 Å². The van der Waals surface area contributed by atoms with Gasteiger partial charge >= 0.3 is 0 Å². The van der Waals surface area contributed by atoms with E-state index in [0.717, 1.165) is 6.42 Å². The number of ether oxygens (including phenoxy) is 4. The zero-order chi connectivity index (χ0) is 23.2. The monoisotopic (exact) mass is 454 g/mol. The second kappa shape index (κ2) is 10.5. The predicted octanol–water partition coefficient (Wildman–Crippen LogP) is 4.09. The topological polar surface area (TPSA) is 86.3 Å². The molecule has 33 heavy (non-hydrogen) atoms. The summed E-state index contributed by atoms with van der Waals surface area (Å²) in [5, 5.41) is 2.95. The van der Waals surface area contributed by atoms with E-state index in [4.69, 9.17) is 18.9 Å². The normalized spacial score (nSPS) is 15.3. The van der Waals surface area contributed by atoms with E-state index in [0.29, 0.717) is 73.4 Å². The highest BCUT2D eigenvalue weighted by Crippen LogP contribution is 2.35. The summed E-state index contributed by atoms with van der Waals surface area (Å²) in [6.07, 6.45) is 2.11. The van der Waals surface area contributed by atoms with Crippen molar-refractivity contribution >= 4 is 17.5 Å². The van der Waals surface area contributed by atoms with Crippen LogP contribution in [0.15, 0.2) is 36.4 Å². The molecule has 0 aromatic heterocycles. The van der Waals surface area contributed by atoms with Crippen LogP contribution >= 0.6 is 0 Å². The summed E-state index contributed by atoms with van der Waals surface area (Å²) in [6, 6.07) is 10.7. The third-order valence-corrected chi connectivity index (χ3v) is 5.75. The predicted molar refractivity (Wildman–Crippen MR) is 123 cm³/mol. The summed E-state index contributed by atoms with van der Waals surface area (Å²) in [7, 11) is 0. The number of amides is 2. The Kier molecular flexibility index (Phi) is 7.22. The zero-order valence-electron chi connectivity index (χ0n) is 19.1. The Morgan fingerprint density at radius 1 is 1.00 bits per heavy atom. The van der Waals surface area contributed by atoms with Gasteiger partial charge in [-0.05, 0) is 56.5 Å². The number of likely N-dealkylation sites (tertiary alicyclic amines) is 1. The number of piperidine rings is 1. The van der Waals surface area contributed by atoms with Crippen molar-refractivity contribution in [3.05, 3.63) is 42.0 Å². The molecule has 0 radical (unpaired) electrons. The number of hydrogen-bond donors (Lipinski definition) is 1. The number of carbonyl (C=O) groups excluding carboxylic acids is 2. The number of hydrogen-bond acceptors (Lipinski definition) is 6. The molecule has 0 aliphatic carbocycles. The molecular weight excluding hydrogens is 424 g/mol. The Balaban J connectivity index is 1.33. The number of anilines is 1. The van der Waals surface area contributed by atoms with E-state index in [1.165, 1.54) is 0 Å². The van der Waals surface area contributed by atoms with Crippen molar-refractivity contribution in [3.63, 3.8) is 0 Å². The van der Waals surface area contributed by atoms with E-state index in [1.807, 2.05) is 13.8 Å². The van der Waals surface area contributed by atoms with Crippen LogP contribution < -0.4 is 24.3 Å². The maximum atomic E-state index is 13.1. The molecule has 1 fully saturated rings. The molecule has 0 saturated carbocycles. The summed E-state index contributed by atoms with van der Waals surface area (Å²) in [5.74, 6) is 2.28. The molecule has 2 amide bonds. The fraction of sp³-hybridized carbons (Fsp3) is 0.440. The molecule has 0 bridgehead atoms. The van der Waals surface area contributed by atoms with Crippen LogP contribution in [0.3, 0.4) is 0 Å². The first-order chi connectivity index (χ1) is 16.1. The lowest BCUT2D eigenvalue weighted by Gasteiger charge is -2.31. The van der Waals surface area contributed by atoms with Crippen LogP contribution in [-0.4, -0.2) is 49.8 Å². The standard InChI is InChI=1S/C25H30N2O6/c1-3-13-31-20-7-5-18(14-22(20)30-4-2)25(29)27-11-9-17(10-12-27)24(28)26-19-6-8-21-23(15-19)33-16-32-21/h5-8,14-15,17H,3-4,9-13,16H2,1-2H3,(H,26,28). The van der Waals surface area contributed by atoms with Gasteiger partial charge in [-0.3, -0.25) is 9.59 Å². The van der Waals surface area contributed by atoms with Crippen molar-refractivity contribution in [2.75, 3.05) is 38.4 Å². The molecule has 2 heterocycles. The largest absolute Gasteiger partial charge is 0.490 e. The van der Waals surface area contributed by atoms with Crippen molar-refractivity contribution in [2.24, 2.45) is 5.92 Å². The van der Waals surface area contributed by atoms with Crippen molar-refractivity contribution in [1.29, 1.82) is 0 Å². The third-order valence-electron chi connectivity index (χ3n) is 5.75. The minimum Gasteiger partial charge on any atom is -0.490 e. The van der Waals surface area contributed by atoms with Gasteiger partial charge in [-0.15, -0.1) is 0 Å². The fourth-order valence-electron chi connectivity index (χ4n) is 3.99. The van der Waals surface area contributed by atoms with Crippen molar-refractivity contribution in [2.45, 2.75) is 33.1 Å². The Hall–Kier alpha value is -3.42. The molecule has 2 aromatic rings. The Morgan fingerprint density at radius 2 is 1.79 bits per heavy atom. The Morgan fingerprint density at radius 3 is 2.55 bits per heavy atom. The van der Waals surface area contributed by atoms with Gasteiger partial charge < -0.3 is 29.2 Å². The average Bonchev–Trinajstić information content (AvgIpc) is 3.31. The van der Waals surface area contributed by atoms with Gasteiger partial charge in [0.2, 0.25) is 12.7 Å². The second-order valence-corrected chi connectivity index (χ2v) is 8.07. The van der Waals surface area contributed by atoms with Gasteiger partial charge in [0, 0.05) is 36.3 Å². The van der Waals surface area contributed by atoms with Crippen LogP contribution in [0.25, 0.3) is 0 Å². The van der Waals surface area contributed by atoms with Gasteiger partial charge in [0.05, 0.1) is 13.2 Å². The molecule has 2 aromatic carbocycles. The van der Waals surface area contributed by atoms with E-state index >= 15 is 0 Å². The van der Waals surface area contributed by atoms with Crippen LogP contribution in [0.1, 0.15) is 43.5 Å². The van der Waals surface area contributed by atoms with Crippen LogP contribution in [0.4, 0.5) is 5.69 Å². The number of rotatable bonds is 8. The molecule has 8 nitrogen and oxygen atoms in total. The summed E-state index contributed by atoms with van der Waals surface area (Å²) < 4.78 is 22.1. The van der Waals surface area contributed by atoms with Crippen LogP contribution in [0.5, 0.6) is 23.0 Å². The Labute approximate surface area is 193 Å². The molecule has 1 saturated heterocycles. The minimum atomic E-state index is -0.150. The van der Waals surface area contributed by atoms with Crippen molar-refractivity contribution in [1.82, 2.24) is 4.90 Å². The highest BCUT2D eigenvalue weighted by atomic mass is 16.7. The summed E-state index contributed by atoms with van der Waals surface area (Å²) >= 11 is 0. The molecule has 2 aliphatic rings. The van der Waals surface area contributed by atoms with E-state index in [-0.39, 0.29) is 24.5 Å².